The molecule has 0 aromatic heterocycles. The minimum absolute atomic E-state index is 0.315. The molecule has 2 bridgehead atoms. The minimum atomic E-state index is -3.41. The molecule has 4 nitrogen and oxygen atoms in total. The van der Waals surface area contributed by atoms with Crippen LogP contribution in [0.2, 0.25) is 0 Å². The molecule has 1 aliphatic heterocycles. The zero-order valence-corrected chi connectivity index (χ0v) is 16.6. The molecule has 1 N–H and O–H groups in total. The van der Waals surface area contributed by atoms with E-state index in [1.807, 2.05) is 12.1 Å². The van der Waals surface area contributed by atoms with Crippen molar-refractivity contribution in [2.75, 3.05) is 19.4 Å². The van der Waals surface area contributed by atoms with Crippen molar-refractivity contribution in [2.45, 2.75) is 36.1 Å². The topological polar surface area (TPSA) is 49.4 Å². The smallest absolute Gasteiger partial charge is 0.242 e. The van der Waals surface area contributed by atoms with Crippen LogP contribution < -0.4 is 5.32 Å². The fourth-order valence-electron chi connectivity index (χ4n) is 5.83. The van der Waals surface area contributed by atoms with Gasteiger partial charge in [-0.2, -0.15) is 0 Å². The average Bonchev–Trinajstić information content (AvgIpc) is 3.30. The molecule has 2 saturated carbocycles. The van der Waals surface area contributed by atoms with Crippen LogP contribution in [0.25, 0.3) is 0 Å². The highest BCUT2D eigenvalue weighted by atomic mass is 32.2. The molecule has 0 amide bonds. The van der Waals surface area contributed by atoms with Crippen LogP contribution >= 0.6 is 0 Å². The van der Waals surface area contributed by atoms with Crippen molar-refractivity contribution in [3.05, 3.63) is 59.7 Å². The fourth-order valence-corrected chi connectivity index (χ4v) is 6.76. The monoisotopic (exact) mass is 382 g/mol. The number of hydrogen-bond donors (Lipinski definition) is 1. The van der Waals surface area contributed by atoms with Gasteiger partial charge in [0.25, 0.3) is 0 Å². The number of benzene rings is 2. The number of anilines is 1. The Bertz CT molecular complexity index is 971. The van der Waals surface area contributed by atoms with Crippen molar-refractivity contribution in [2.24, 2.45) is 17.8 Å². The molecule has 2 aromatic carbocycles. The summed E-state index contributed by atoms with van der Waals surface area (Å²) < 4.78 is 26.6. The van der Waals surface area contributed by atoms with Crippen LogP contribution in [0, 0.1) is 17.8 Å². The first-order chi connectivity index (χ1) is 13.0. The molecule has 2 fully saturated rings. The maximum atomic E-state index is 12.7. The van der Waals surface area contributed by atoms with Crippen LogP contribution in [-0.4, -0.2) is 26.8 Å². The average molecular weight is 383 g/mol. The molecule has 142 valence electrons. The summed E-state index contributed by atoms with van der Waals surface area (Å²) in [6.45, 7) is 0. The third-order valence-corrected chi connectivity index (χ3v) is 8.81. The number of hydrogen-bond acceptors (Lipinski definition) is 3. The molecule has 0 saturated heterocycles. The summed E-state index contributed by atoms with van der Waals surface area (Å²) in [5.41, 5.74) is 3.66. The van der Waals surface area contributed by atoms with E-state index < -0.39 is 10.0 Å². The van der Waals surface area contributed by atoms with E-state index in [0.717, 1.165) is 11.6 Å². The van der Waals surface area contributed by atoms with E-state index in [-0.39, 0.29) is 0 Å². The highest BCUT2D eigenvalue weighted by Gasteiger charge is 2.53. The second kappa shape index (κ2) is 6.08. The quantitative estimate of drug-likeness (QED) is 0.864. The van der Waals surface area contributed by atoms with Crippen molar-refractivity contribution in [3.8, 4) is 0 Å². The maximum Gasteiger partial charge on any atom is 0.242 e. The number of nitrogens with one attached hydrogen (secondary N) is 1. The van der Waals surface area contributed by atoms with Gasteiger partial charge in [-0.3, -0.25) is 0 Å². The van der Waals surface area contributed by atoms with Crippen molar-refractivity contribution in [1.82, 2.24) is 4.31 Å². The van der Waals surface area contributed by atoms with Gasteiger partial charge < -0.3 is 5.32 Å². The van der Waals surface area contributed by atoms with Gasteiger partial charge in [0.05, 0.1) is 10.9 Å². The molecule has 0 radical (unpaired) electrons. The molecular formula is C22H26N2O2S. The van der Waals surface area contributed by atoms with E-state index in [2.05, 4.69) is 35.6 Å². The van der Waals surface area contributed by atoms with Gasteiger partial charge in [-0.15, -0.1) is 0 Å². The first kappa shape index (κ1) is 17.3. The fraction of sp³-hybridized carbons (Fsp3) is 0.455. The Balaban J connectivity index is 1.63. The molecule has 5 unspecified atom stereocenters. The van der Waals surface area contributed by atoms with Gasteiger partial charge >= 0.3 is 0 Å². The second-order valence-electron chi connectivity index (χ2n) is 8.51. The number of sulfonamides is 1. The summed E-state index contributed by atoms with van der Waals surface area (Å²) >= 11 is 0. The van der Waals surface area contributed by atoms with Crippen molar-refractivity contribution < 1.29 is 8.42 Å². The lowest BCUT2D eigenvalue weighted by Crippen LogP contribution is -2.35. The summed E-state index contributed by atoms with van der Waals surface area (Å²) in [7, 11) is -0.220. The van der Waals surface area contributed by atoms with Crippen molar-refractivity contribution in [1.29, 1.82) is 0 Å². The lowest BCUT2D eigenvalue weighted by atomic mass is 9.68. The third-order valence-electron chi connectivity index (χ3n) is 7.00. The summed E-state index contributed by atoms with van der Waals surface area (Å²) in [4.78, 5) is 0.410. The molecule has 0 spiro atoms. The van der Waals surface area contributed by atoms with Gasteiger partial charge in [-0.1, -0.05) is 30.3 Å². The van der Waals surface area contributed by atoms with Gasteiger partial charge in [-0.25, -0.2) is 12.7 Å². The Morgan fingerprint density at radius 1 is 1.00 bits per heavy atom. The predicted molar refractivity (Wildman–Crippen MR) is 107 cm³/mol. The van der Waals surface area contributed by atoms with Gasteiger partial charge in [0.2, 0.25) is 10.0 Å². The normalized spacial score (nSPS) is 31.4. The molecule has 5 heteroatoms. The van der Waals surface area contributed by atoms with Crippen LogP contribution in [-0.2, 0) is 10.0 Å². The summed E-state index contributed by atoms with van der Waals surface area (Å²) in [5, 5.41) is 3.77. The highest BCUT2D eigenvalue weighted by molar-refractivity contribution is 7.89. The Kier molecular flexibility index (Phi) is 3.89. The van der Waals surface area contributed by atoms with E-state index in [9.17, 15) is 8.42 Å². The van der Waals surface area contributed by atoms with Crippen LogP contribution in [0.3, 0.4) is 0 Å². The highest BCUT2D eigenvalue weighted by Crippen LogP contribution is 2.63. The standard InChI is InChI=1S/C22H26N2O2S/c1-24(2)27(25,26)17-10-11-19-18(13-17)20-15-8-9-16(12-15)21(20)22(23-19)14-6-4-3-5-7-14/h3-7,10-11,13,15-16,20-23H,8-9,12H2,1-2H3. The largest absolute Gasteiger partial charge is 0.378 e. The molecule has 2 aromatic rings. The molecular weight excluding hydrogens is 356 g/mol. The van der Waals surface area contributed by atoms with Gasteiger partial charge in [0, 0.05) is 19.8 Å². The number of nitrogens with zero attached hydrogens (tertiary/aromatic N) is 1. The van der Waals surface area contributed by atoms with Crippen LogP contribution in [0.15, 0.2) is 53.4 Å². The Labute approximate surface area is 161 Å². The van der Waals surface area contributed by atoms with E-state index in [4.69, 9.17) is 0 Å². The lowest BCUT2D eigenvalue weighted by molar-refractivity contribution is 0.247. The van der Waals surface area contributed by atoms with E-state index >= 15 is 0 Å². The van der Waals surface area contributed by atoms with Gasteiger partial charge in [0.1, 0.15) is 0 Å². The number of fused-ring (bicyclic) bond motifs is 7. The van der Waals surface area contributed by atoms with Gasteiger partial charge in [0.15, 0.2) is 0 Å². The van der Waals surface area contributed by atoms with E-state index in [0.29, 0.717) is 28.7 Å². The summed E-state index contributed by atoms with van der Waals surface area (Å²) in [5.74, 6) is 2.43. The van der Waals surface area contributed by atoms with E-state index in [1.165, 1.54) is 34.7 Å². The Hall–Kier alpha value is -1.85. The lowest BCUT2D eigenvalue weighted by Gasteiger charge is -2.43. The number of rotatable bonds is 3. The van der Waals surface area contributed by atoms with Crippen LogP contribution in [0.5, 0.6) is 0 Å². The first-order valence-electron chi connectivity index (χ1n) is 9.85. The Morgan fingerprint density at radius 2 is 1.74 bits per heavy atom. The molecule has 2 aliphatic carbocycles. The molecule has 27 heavy (non-hydrogen) atoms. The van der Waals surface area contributed by atoms with Gasteiger partial charge in [-0.05, 0) is 72.3 Å². The molecule has 5 rings (SSSR count). The maximum absolute atomic E-state index is 12.7. The Morgan fingerprint density at radius 3 is 2.48 bits per heavy atom. The van der Waals surface area contributed by atoms with Crippen LogP contribution in [0.1, 0.15) is 42.3 Å². The molecule has 1 heterocycles. The van der Waals surface area contributed by atoms with Crippen molar-refractivity contribution >= 4 is 15.7 Å². The summed E-state index contributed by atoms with van der Waals surface area (Å²) in [6.07, 6.45) is 3.86. The zero-order valence-electron chi connectivity index (χ0n) is 15.8. The SMILES string of the molecule is CN(C)S(=O)(=O)c1ccc2c(c1)C1C3CCC(C3)C1C(c1ccccc1)N2. The molecule has 5 atom stereocenters. The minimum Gasteiger partial charge on any atom is -0.378 e. The third kappa shape index (κ3) is 2.55. The molecule has 3 aliphatic rings. The predicted octanol–water partition coefficient (Wildman–Crippen LogP) is 4.23. The van der Waals surface area contributed by atoms with Crippen molar-refractivity contribution in [3.63, 3.8) is 0 Å². The second-order valence-corrected chi connectivity index (χ2v) is 10.7. The van der Waals surface area contributed by atoms with Crippen LogP contribution in [0.4, 0.5) is 5.69 Å². The first-order valence-corrected chi connectivity index (χ1v) is 11.3. The zero-order chi connectivity index (χ0) is 18.8. The van der Waals surface area contributed by atoms with E-state index in [1.54, 1.807) is 20.2 Å². The summed E-state index contributed by atoms with van der Waals surface area (Å²) in [6, 6.07) is 16.7.